The molecule has 0 heterocycles. The molecule has 2 atom stereocenters. The number of carboxylic acid groups (broad SMARTS) is 1. The van der Waals surface area contributed by atoms with Gasteiger partial charge in [-0.15, -0.1) is 0 Å². The normalized spacial score (nSPS) is 13.2. The highest BCUT2D eigenvalue weighted by molar-refractivity contribution is 5.71. The minimum Gasteiger partial charge on any atom is -0.477 e. The topological polar surface area (TPSA) is 108 Å². The number of likely N-dealkylation sites (N-methyl/N-ethyl adjacent to an activating group) is 1. The van der Waals surface area contributed by atoms with Gasteiger partial charge in [-0.05, 0) is 64.2 Å². The molecule has 0 aliphatic carbocycles. The molecule has 0 aromatic heterocycles. The number of unbranched alkanes of at least 4 members (excludes halogenated alkanes) is 32. The molecule has 0 fully saturated rings. The van der Waals surface area contributed by atoms with Crippen molar-refractivity contribution in [2.45, 2.75) is 296 Å². The number of carbonyl (C=O) groups is 3. The molecule has 9 heteroatoms. The highest BCUT2D eigenvalue weighted by Crippen LogP contribution is 2.17. The second kappa shape index (κ2) is 58.9. The van der Waals surface area contributed by atoms with Gasteiger partial charge in [-0.2, -0.15) is 0 Å². The summed E-state index contributed by atoms with van der Waals surface area (Å²) in [4.78, 5) is 37.5. The van der Waals surface area contributed by atoms with Gasteiger partial charge in [0.05, 0.1) is 34.4 Å². The van der Waals surface area contributed by atoms with Crippen molar-refractivity contribution < 1.29 is 42.9 Å². The molecule has 0 saturated heterocycles. The minimum atomic E-state index is -1.52. The van der Waals surface area contributed by atoms with Crippen molar-refractivity contribution in [2.75, 3.05) is 47.5 Å². The molecule has 0 aliphatic heterocycles. The number of nitrogens with zero attached hydrogens (tertiary/aromatic N) is 1. The molecule has 0 aromatic carbocycles. The van der Waals surface area contributed by atoms with Crippen LogP contribution in [0.3, 0.4) is 0 Å². The van der Waals surface area contributed by atoms with Crippen molar-refractivity contribution in [3.63, 3.8) is 0 Å². The second-order valence-corrected chi connectivity index (χ2v) is 22.7. The molecule has 0 spiro atoms. The molecule has 2 unspecified atom stereocenters. The fraction of sp³-hybridized carbons (Fsp3) is 0.779. The summed E-state index contributed by atoms with van der Waals surface area (Å²) in [7, 11) is 5.97. The summed E-state index contributed by atoms with van der Waals surface area (Å²) in [6, 6.07) is 0. The Kier molecular flexibility index (Phi) is 56.4. The maximum atomic E-state index is 12.9. The highest BCUT2D eigenvalue weighted by atomic mass is 16.7. The van der Waals surface area contributed by atoms with E-state index < -0.39 is 24.3 Å². The summed E-state index contributed by atoms with van der Waals surface area (Å²) in [5, 5.41) is 9.73. The Bertz CT molecular complexity index is 1490. The Balaban J connectivity index is 4.20. The summed E-state index contributed by atoms with van der Waals surface area (Å²) in [5.74, 6) is -2.01. The zero-order valence-corrected chi connectivity index (χ0v) is 50.9. The van der Waals surface area contributed by atoms with Crippen molar-refractivity contribution in [1.29, 1.82) is 0 Å². The van der Waals surface area contributed by atoms with Gasteiger partial charge in [-0.1, -0.05) is 279 Å². The fourth-order valence-electron chi connectivity index (χ4n) is 9.08. The summed E-state index contributed by atoms with van der Waals surface area (Å²) in [5.41, 5.74) is 0. The highest BCUT2D eigenvalue weighted by Gasteiger charge is 2.25. The Morgan fingerprint density at radius 1 is 0.403 bits per heavy atom. The van der Waals surface area contributed by atoms with Crippen molar-refractivity contribution >= 4 is 17.9 Å². The third kappa shape index (κ3) is 60.2. The number of quaternary nitrogens is 1. The standard InChI is InChI=1S/C68H121NO8/c1-6-8-10-12-14-16-18-20-22-24-26-28-30-32-33-35-37-39-41-43-45-47-49-51-53-55-57-59-66(71)77-64(63-76-68(67(72)73)74-61-60-69(3,4)5)62-75-65(70)58-56-54-52-50-48-46-44-42-40-38-36-34-31-29-27-25-23-21-19-17-15-13-11-9-7-2/h8,10,14,16,20,22,26,28,32-33,37,39,64,68H,6-7,9,11-13,15,17-19,21,23-25,27,29-31,34-36,38,40-63H2,1-5H3/p+1/b10-8-,16-14-,22-20-,28-26-,33-32-,39-37-. The van der Waals surface area contributed by atoms with Crippen molar-refractivity contribution in [2.24, 2.45) is 0 Å². The second-order valence-electron chi connectivity index (χ2n) is 22.7. The number of ether oxygens (including phenoxy) is 4. The number of carboxylic acids is 1. The Hall–Kier alpha value is -3.27. The monoisotopic (exact) mass is 1080 g/mol. The molecule has 0 radical (unpaired) electrons. The molecule has 0 saturated carbocycles. The Morgan fingerprint density at radius 3 is 1.10 bits per heavy atom. The smallest absolute Gasteiger partial charge is 0.361 e. The van der Waals surface area contributed by atoms with E-state index in [1.54, 1.807) is 0 Å². The van der Waals surface area contributed by atoms with Crippen molar-refractivity contribution in [1.82, 2.24) is 0 Å². The number of aliphatic carboxylic acids is 1. The van der Waals surface area contributed by atoms with Crippen LogP contribution in [0, 0.1) is 0 Å². The van der Waals surface area contributed by atoms with E-state index in [0.29, 0.717) is 23.9 Å². The lowest BCUT2D eigenvalue weighted by Crippen LogP contribution is -2.40. The molecule has 446 valence electrons. The van der Waals surface area contributed by atoms with E-state index in [0.717, 1.165) is 83.5 Å². The van der Waals surface area contributed by atoms with Crippen LogP contribution in [0.15, 0.2) is 72.9 Å². The lowest BCUT2D eigenvalue weighted by Gasteiger charge is -2.25. The first-order chi connectivity index (χ1) is 37.6. The van der Waals surface area contributed by atoms with E-state index in [-0.39, 0.29) is 32.2 Å². The number of hydrogen-bond donors (Lipinski definition) is 1. The third-order valence-corrected chi connectivity index (χ3v) is 14.0. The predicted molar refractivity (Wildman–Crippen MR) is 327 cm³/mol. The quantitative estimate of drug-likeness (QED) is 0.0211. The number of rotatable bonds is 59. The van der Waals surface area contributed by atoms with Crippen molar-refractivity contribution in [3.8, 4) is 0 Å². The van der Waals surface area contributed by atoms with Gasteiger partial charge in [-0.25, -0.2) is 4.79 Å². The summed E-state index contributed by atoms with van der Waals surface area (Å²) >= 11 is 0. The first kappa shape index (κ1) is 73.7. The molecule has 0 bridgehead atoms. The number of esters is 2. The predicted octanol–water partition coefficient (Wildman–Crippen LogP) is 19.4. The Morgan fingerprint density at radius 2 is 0.740 bits per heavy atom. The molecular formula is C68H122NO8+. The van der Waals surface area contributed by atoms with Gasteiger partial charge in [0.2, 0.25) is 0 Å². The average molecular weight is 1080 g/mol. The lowest BCUT2D eigenvalue weighted by atomic mass is 10.0. The van der Waals surface area contributed by atoms with Crippen LogP contribution in [0.4, 0.5) is 0 Å². The van der Waals surface area contributed by atoms with E-state index in [9.17, 15) is 19.5 Å². The minimum absolute atomic E-state index is 0.184. The van der Waals surface area contributed by atoms with Crippen LogP contribution in [0.2, 0.25) is 0 Å². The number of hydrogen-bond acceptors (Lipinski definition) is 7. The average Bonchev–Trinajstić information content (AvgIpc) is 3.40. The van der Waals surface area contributed by atoms with Crippen LogP contribution in [-0.2, 0) is 33.3 Å². The zero-order valence-electron chi connectivity index (χ0n) is 50.9. The molecular weight excluding hydrogens is 959 g/mol. The van der Waals surface area contributed by atoms with Gasteiger partial charge < -0.3 is 28.5 Å². The largest absolute Gasteiger partial charge is 0.477 e. The van der Waals surface area contributed by atoms with Gasteiger partial charge in [0.25, 0.3) is 6.29 Å². The van der Waals surface area contributed by atoms with E-state index >= 15 is 0 Å². The van der Waals surface area contributed by atoms with Crippen molar-refractivity contribution in [3.05, 3.63) is 72.9 Å². The van der Waals surface area contributed by atoms with E-state index in [1.165, 1.54) is 167 Å². The zero-order chi connectivity index (χ0) is 56.2. The van der Waals surface area contributed by atoms with E-state index in [4.69, 9.17) is 18.9 Å². The molecule has 1 N–H and O–H groups in total. The number of allylic oxidation sites excluding steroid dienone is 12. The molecule has 0 amide bonds. The maximum Gasteiger partial charge on any atom is 0.361 e. The van der Waals surface area contributed by atoms with Crippen LogP contribution in [0.1, 0.15) is 284 Å². The van der Waals surface area contributed by atoms with Gasteiger partial charge >= 0.3 is 17.9 Å². The fourth-order valence-corrected chi connectivity index (χ4v) is 9.08. The Labute approximate surface area is 475 Å². The van der Waals surface area contributed by atoms with Crippen LogP contribution in [0.25, 0.3) is 0 Å². The molecule has 9 nitrogen and oxygen atoms in total. The van der Waals surface area contributed by atoms with Crippen LogP contribution in [0.5, 0.6) is 0 Å². The summed E-state index contributed by atoms with van der Waals surface area (Å²) in [6.45, 7) is 4.79. The van der Waals surface area contributed by atoms with Crippen LogP contribution in [-0.4, -0.2) is 87.4 Å². The molecule has 77 heavy (non-hydrogen) atoms. The lowest BCUT2D eigenvalue weighted by molar-refractivity contribution is -0.870. The van der Waals surface area contributed by atoms with Crippen LogP contribution >= 0.6 is 0 Å². The van der Waals surface area contributed by atoms with Gasteiger partial charge in [0.1, 0.15) is 13.2 Å². The SMILES string of the molecule is CC/C=C\C/C=C\C/C=C\C/C=C\C/C=C\C/C=C\CCCCCCCCCCC(=O)OC(COC(=O)CCCCCCCCCCCCCCCCCCCCCCCCCCC)COC(OCC[N+](C)(C)C)C(=O)O. The van der Waals surface area contributed by atoms with E-state index in [1.807, 2.05) is 21.1 Å². The first-order valence-electron chi connectivity index (χ1n) is 32.1. The van der Waals surface area contributed by atoms with Gasteiger partial charge in [-0.3, -0.25) is 9.59 Å². The molecule has 0 rings (SSSR count). The maximum absolute atomic E-state index is 12.9. The van der Waals surface area contributed by atoms with E-state index in [2.05, 4.69) is 86.8 Å². The third-order valence-electron chi connectivity index (χ3n) is 14.0. The first-order valence-corrected chi connectivity index (χ1v) is 32.1. The summed E-state index contributed by atoms with van der Waals surface area (Å²) in [6.07, 6.45) is 74.2. The number of carbonyl (C=O) groups excluding carboxylic acids is 2. The molecule has 0 aliphatic rings. The van der Waals surface area contributed by atoms with Gasteiger partial charge in [0, 0.05) is 12.8 Å². The summed E-state index contributed by atoms with van der Waals surface area (Å²) < 4.78 is 22.9. The molecule has 0 aromatic rings. The van der Waals surface area contributed by atoms with Crippen LogP contribution < -0.4 is 0 Å². The van der Waals surface area contributed by atoms with Gasteiger partial charge in [0.15, 0.2) is 6.10 Å².